The minimum absolute atomic E-state index is 0.00162. The Kier molecular flexibility index (Phi) is 5.40. The SMILES string of the molecule is CCS(=O)(=O)C1CSCCN1C(=O)c1cnc(Cl)c(Cl)c1. The van der Waals surface area contributed by atoms with E-state index in [9.17, 15) is 13.2 Å². The second kappa shape index (κ2) is 6.73. The quantitative estimate of drug-likeness (QED) is 0.765. The lowest BCUT2D eigenvalue weighted by atomic mass is 10.2. The highest BCUT2D eigenvalue weighted by atomic mass is 35.5. The molecule has 1 fully saturated rings. The van der Waals surface area contributed by atoms with Gasteiger partial charge >= 0.3 is 0 Å². The number of amides is 1. The molecule has 0 spiro atoms. The lowest BCUT2D eigenvalue weighted by Gasteiger charge is -2.34. The molecule has 1 aromatic rings. The van der Waals surface area contributed by atoms with E-state index >= 15 is 0 Å². The summed E-state index contributed by atoms with van der Waals surface area (Å²) in [4.78, 5) is 17.8. The molecule has 1 unspecified atom stereocenters. The molecular formula is C12H14Cl2N2O3S2. The molecule has 1 atom stereocenters. The molecule has 9 heteroatoms. The topological polar surface area (TPSA) is 67.3 Å². The van der Waals surface area contributed by atoms with Crippen LogP contribution in [-0.4, -0.2) is 53.4 Å². The van der Waals surface area contributed by atoms with Gasteiger partial charge in [-0.15, -0.1) is 0 Å². The lowest BCUT2D eigenvalue weighted by molar-refractivity contribution is 0.0749. The van der Waals surface area contributed by atoms with Crippen molar-refractivity contribution in [3.63, 3.8) is 0 Å². The zero-order chi connectivity index (χ0) is 15.6. The molecule has 2 rings (SSSR count). The summed E-state index contributed by atoms with van der Waals surface area (Å²) >= 11 is 13.1. The number of carbonyl (C=O) groups is 1. The Hall–Kier alpha value is -0.500. The van der Waals surface area contributed by atoms with Crippen LogP contribution in [0.2, 0.25) is 10.2 Å². The van der Waals surface area contributed by atoms with Crippen molar-refractivity contribution >= 4 is 50.7 Å². The smallest absolute Gasteiger partial charge is 0.256 e. The van der Waals surface area contributed by atoms with Gasteiger partial charge in [0.25, 0.3) is 5.91 Å². The molecule has 2 heterocycles. The summed E-state index contributed by atoms with van der Waals surface area (Å²) in [6, 6.07) is 1.41. The van der Waals surface area contributed by atoms with Crippen LogP contribution in [0.3, 0.4) is 0 Å². The standard InChI is InChI=1S/C12H14Cl2N2O3S2/c1-2-21(18,19)10-7-20-4-3-16(10)12(17)8-5-9(13)11(14)15-6-8/h5-6,10H,2-4,7H2,1H3. The van der Waals surface area contributed by atoms with Crippen LogP contribution in [-0.2, 0) is 9.84 Å². The first-order valence-electron chi connectivity index (χ1n) is 6.28. The number of hydrogen-bond acceptors (Lipinski definition) is 5. The molecule has 1 aromatic heterocycles. The van der Waals surface area contributed by atoms with E-state index < -0.39 is 15.2 Å². The highest BCUT2D eigenvalue weighted by molar-refractivity contribution is 8.01. The van der Waals surface area contributed by atoms with Gasteiger partial charge in [-0.25, -0.2) is 13.4 Å². The number of pyridine rings is 1. The van der Waals surface area contributed by atoms with Crippen molar-refractivity contribution < 1.29 is 13.2 Å². The number of carbonyl (C=O) groups excluding carboxylic acids is 1. The van der Waals surface area contributed by atoms with E-state index in [1.165, 1.54) is 28.9 Å². The van der Waals surface area contributed by atoms with Gasteiger partial charge in [-0.3, -0.25) is 4.79 Å². The van der Waals surface area contributed by atoms with Gasteiger partial charge < -0.3 is 4.90 Å². The van der Waals surface area contributed by atoms with Gasteiger partial charge in [0.05, 0.1) is 10.6 Å². The van der Waals surface area contributed by atoms with Crippen LogP contribution in [0, 0.1) is 0 Å². The average molecular weight is 369 g/mol. The van der Waals surface area contributed by atoms with Crippen molar-refractivity contribution in [3.8, 4) is 0 Å². The third kappa shape index (κ3) is 3.64. The third-order valence-corrected chi connectivity index (χ3v) is 7.18. The molecule has 116 valence electrons. The fourth-order valence-corrected chi connectivity index (χ4v) is 5.24. The van der Waals surface area contributed by atoms with Gasteiger partial charge in [-0.05, 0) is 6.07 Å². The zero-order valence-electron chi connectivity index (χ0n) is 11.3. The van der Waals surface area contributed by atoms with Gasteiger partial charge in [0, 0.05) is 30.0 Å². The van der Waals surface area contributed by atoms with Crippen LogP contribution < -0.4 is 0 Å². The summed E-state index contributed by atoms with van der Waals surface area (Å²) in [7, 11) is -3.34. The Morgan fingerprint density at radius 3 is 2.86 bits per heavy atom. The Morgan fingerprint density at radius 2 is 2.24 bits per heavy atom. The zero-order valence-corrected chi connectivity index (χ0v) is 14.4. The molecule has 0 aromatic carbocycles. The maximum Gasteiger partial charge on any atom is 0.256 e. The summed E-state index contributed by atoms with van der Waals surface area (Å²) in [6.07, 6.45) is 1.31. The monoisotopic (exact) mass is 368 g/mol. The predicted octanol–water partition coefficient (Wildman–Crippen LogP) is 2.34. The van der Waals surface area contributed by atoms with Crippen molar-refractivity contribution in [2.75, 3.05) is 23.8 Å². The summed E-state index contributed by atoms with van der Waals surface area (Å²) in [5.41, 5.74) is 0.243. The van der Waals surface area contributed by atoms with Crippen LogP contribution in [0.25, 0.3) is 0 Å². The van der Waals surface area contributed by atoms with Crippen molar-refractivity contribution in [1.29, 1.82) is 0 Å². The molecule has 1 aliphatic heterocycles. The van der Waals surface area contributed by atoms with Gasteiger partial charge in [0.1, 0.15) is 10.5 Å². The van der Waals surface area contributed by atoms with Gasteiger partial charge in [-0.1, -0.05) is 30.1 Å². The normalized spacial score (nSPS) is 19.6. The van der Waals surface area contributed by atoms with Crippen LogP contribution in [0.1, 0.15) is 17.3 Å². The molecular weight excluding hydrogens is 355 g/mol. The van der Waals surface area contributed by atoms with Crippen LogP contribution in [0.4, 0.5) is 0 Å². The van der Waals surface area contributed by atoms with Gasteiger partial charge in [0.15, 0.2) is 9.84 Å². The molecule has 0 aliphatic carbocycles. The number of thioether (sulfide) groups is 1. The van der Waals surface area contributed by atoms with E-state index in [1.54, 1.807) is 6.92 Å². The lowest BCUT2D eigenvalue weighted by Crippen LogP contribution is -2.50. The number of halogens is 2. The maximum absolute atomic E-state index is 12.5. The second-order valence-corrected chi connectivity index (χ2v) is 8.84. The molecule has 21 heavy (non-hydrogen) atoms. The third-order valence-electron chi connectivity index (χ3n) is 3.21. The molecule has 1 amide bonds. The highest BCUT2D eigenvalue weighted by Crippen LogP contribution is 2.25. The Labute approximate surface area is 137 Å². The first kappa shape index (κ1) is 16.9. The first-order valence-corrected chi connectivity index (χ1v) is 9.90. The van der Waals surface area contributed by atoms with Gasteiger partial charge in [-0.2, -0.15) is 11.8 Å². The molecule has 0 N–H and O–H groups in total. The molecule has 0 bridgehead atoms. The van der Waals surface area contributed by atoms with E-state index in [1.807, 2.05) is 0 Å². The van der Waals surface area contributed by atoms with Crippen LogP contribution in [0.15, 0.2) is 12.3 Å². The van der Waals surface area contributed by atoms with E-state index in [0.717, 1.165) is 0 Å². The second-order valence-electron chi connectivity index (χ2n) is 4.48. The summed E-state index contributed by atoms with van der Waals surface area (Å²) in [6.45, 7) is 1.96. The van der Waals surface area contributed by atoms with Crippen LogP contribution >= 0.6 is 35.0 Å². The van der Waals surface area contributed by atoms with E-state index in [-0.39, 0.29) is 27.4 Å². The van der Waals surface area contributed by atoms with Gasteiger partial charge in [0.2, 0.25) is 0 Å². The highest BCUT2D eigenvalue weighted by Gasteiger charge is 2.36. The largest absolute Gasteiger partial charge is 0.320 e. The fraction of sp³-hybridized carbons (Fsp3) is 0.500. The van der Waals surface area contributed by atoms with Crippen molar-refractivity contribution in [1.82, 2.24) is 9.88 Å². The fourth-order valence-electron chi connectivity index (χ4n) is 2.01. The average Bonchev–Trinajstić information content (AvgIpc) is 2.49. The molecule has 0 saturated carbocycles. The summed E-state index contributed by atoms with van der Waals surface area (Å²) < 4.78 is 24.3. The molecule has 0 radical (unpaired) electrons. The van der Waals surface area contributed by atoms with Crippen molar-refractivity contribution in [2.24, 2.45) is 0 Å². The Morgan fingerprint density at radius 1 is 1.52 bits per heavy atom. The molecule has 1 saturated heterocycles. The van der Waals surface area contributed by atoms with Crippen LogP contribution in [0.5, 0.6) is 0 Å². The molecule has 1 aliphatic rings. The molecule has 5 nitrogen and oxygen atoms in total. The minimum atomic E-state index is -3.34. The minimum Gasteiger partial charge on any atom is -0.320 e. The first-order chi connectivity index (χ1) is 9.86. The maximum atomic E-state index is 12.5. The van der Waals surface area contributed by atoms with E-state index in [2.05, 4.69) is 4.98 Å². The van der Waals surface area contributed by atoms with Crippen molar-refractivity contribution in [3.05, 3.63) is 28.0 Å². The predicted molar refractivity (Wildman–Crippen MR) is 85.9 cm³/mol. The Bertz CT molecular complexity index is 652. The number of rotatable bonds is 3. The number of nitrogens with zero attached hydrogens (tertiary/aromatic N) is 2. The van der Waals surface area contributed by atoms with E-state index in [4.69, 9.17) is 23.2 Å². The number of hydrogen-bond donors (Lipinski definition) is 0. The Balaban J connectivity index is 2.33. The van der Waals surface area contributed by atoms with Crippen molar-refractivity contribution in [2.45, 2.75) is 12.3 Å². The number of sulfone groups is 1. The van der Waals surface area contributed by atoms with E-state index in [0.29, 0.717) is 18.1 Å². The number of aromatic nitrogens is 1. The summed E-state index contributed by atoms with van der Waals surface area (Å²) in [5.74, 6) is 0.706. The summed E-state index contributed by atoms with van der Waals surface area (Å²) in [5, 5.41) is -0.521.